The fourth-order valence-corrected chi connectivity index (χ4v) is 5.84. The third-order valence-electron chi connectivity index (χ3n) is 6.25. The molecule has 2 aromatic rings. The molecule has 1 unspecified atom stereocenters. The molecule has 1 aliphatic carbocycles. The number of hydrogen-bond acceptors (Lipinski definition) is 5. The van der Waals surface area contributed by atoms with Crippen LogP contribution in [0, 0.1) is 11.7 Å². The van der Waals surface area contributed by atoms with Crippen LogP contribution in [0.1, 0.15) is 37.3 Å². The van der Waals surface area contributed by atoms with E-state index in [0.717, 1.165) is 24.8 Å². The van der Waals surface area contributed by atoms with Crippen molar-refractivity contribution in [3.8, 4) is 0 Å². The molecule has 0 aromatic heterocycles. The van der Waals surface area contributed by atoms with Crippen LogP contribution in [0.5, 0.6) is 0 Å². The van der Waals surface area contributed by atoms with Gasteiger partial charge in [0.15, 0.2) is 6.10 Å². The van der Waals surface area contributed by atoms with Crippen molar-refractivity contribution in [1.29, 1.82) is 0 Å². The molecule has 2 aliphatic rings. The molecule has 176 valence electrons. The Morgan fingerprint density at radius 3 is 2.55 bits per heavy atom. The Hall–Kier alpha value is -2.78. The van der Waals surface area contributed by atoms with Crippen molar-refractivity contribution in [2.45, 2.75) is 50.0 Å². The van der Waals surface area contributed by atoms with E-state index in [1.807, 2.05) is 6.07 Å². The Labute approximate surface area is 193 Å². The lowest BCUT2D eigenvalue weighted by Gasteiger charge is -2.30. The molecule has 0 saturated carbocycles. The standard InChI is InChI=1S/C24H27FN2O5S/c1-16(23(28)26-21-7-3-6-20(25)15-21)32-24(29)18-10-12-27(13-11-18)33(30,31)22-9-8-17-4-2-5-19(17)14-22/h3,6-9,14-16,18H,2,4-5,10-13H2,1H3,(H,26,28). The molecule has 1 N–H and O–H groups in total. The second-order valence-corrected chi connectivity index (χ2v) is 10.5. The molecule has 7 nitrogen and oxygen atoms in total. The third-order valence-corrected chi connectivity index (χ3v) is 8.14. The molecule has 33 heavy (non-hydrogen) atoms. The maximum absolute atomic E-state index is 13.3. The first kappa shape index (κ1) is 23.4. The average molecular weight is 475 g/mol. The predicted octanol–water partition coefficient (Wildman–Crippen LogP) is 3.29. The number of hydrogen-bond donors (Lipinski definition) is 1. The number of halogens is 1. The third kappa shape index (κ3) is 5.25. The summed E-state index contributed by atoms with van der Waals surface area (Å²) in [5, 5.41) is 2.51. The summed E-state index contributed by atoms with van der Waals surface area (Å²) in [6.07, 6.45) is 2.52. The van der Waals surface area contributed by atoms with Crippen LogP contribution in [0.15, 0.2) is 47.4 Å². The molecule has 0 spiro atoms. The lowest BCUT2D eigenvalue weighted by Crippen LogP contribution is -2.41. The van der Waals surface area contributed by atoms with Crippen LogP contribution in [0.4, 0.5) is 10.1 Å². The second kappa shape index (κ2) is 9.61. The number of nitrogens with zero attached hydrogens (tertiary/aromatic N) is 1. The SMILES string of the molecule is CC(OC(=O)C1CCN(S(=O)(=O)c2ccc3c(c2)CCC3)CC1)C(=O)Nc1cccc(F)c1. The Morgan fingerprint density at radius 2 is 1.82 bits per heavy atom. The van der Waals surface area contributed by atoms with Crippen molar-refractivity contribution < 1.29 is 27.1 Å². The number of sulfonamides is 1. The van der Waals surface area contributed by atoms with Crippen LogP contribution in [0.3, 0.4) is 0 Å². The molecule has 1 amide bonds. The molecule has 1 aliphatic heterocycles. The first-order valence-electron chi connectivity index (χ1n) is 11.1. The van der Waals surface area contributed by atoms with Gasteiger partial charge in [-0.2, -0.15) is 4.31 Å². The van der Waals surface area contributed by atoms with E-state index in [9.17, 15) is 22.4 Å². The largest absolute Gasteiger partial charge is 0.452 e. The van der Waals surface area contributed by atoms with E-state index in [0.29, 0.717) is 17.7 Å². The number of benzene rings is 2. The van der Waals surface area contributed by atoms with Crippen LogP contribution in [-0.2, 0) is 37.2 Å². The predicted molar refractivity (Wildman–Crippen MR) is 121 cm³/mol. The van der Waals surface area contributed by atoms with Gasteiger partial charge >= 0.3 is 5.97 Å². The number of ether oxygens (including phenoxy) is 1. The molecule has 9 heteroatoms. The summed E-state index contributed by atoms with van der Waals surface area (Å²) >= 11 is 0. The summed E-state index contributed by atoms with van der Waals surface area (Å²) in [4.78, 5) is 25.1. The number of amides is 1. The van der Waals surface area contributed by atoms with Crippen molar-refractivity contribution in [2.75, 3.05) is 18.4 Å². The minimum atomic E-state index is -3.62. The minimum absolute atomic E-state index is 0.211. The van der Waals surface area contributed by atoms with Crippen LogP contribution < -0.4 is 5.32 Å². The summed E-state index contributed by atoms with van der Waals surface area (Å²) in [5.74, 6) is -2.07. The highest BCUT2D eigenvalue weighted by atomic mass is 32.2. The topological polar surface area (TPSA) is 92.8 Å². The molecular formula is C24H27FN2O5S. The van der Waals surface area contributed by atoms with Gasteiger partial charge in [-0.3, -0.25) is 9.59 Å². The average Bonchev–Trinajstić information content (AvgIpc) is 3.27. The zero-order chi connectivity index (χ0) is 23.6. The van der Waals surface area contributed by atoms with Gasteiger partial charge < -0.3 is 10.1 Å². The fraction of sp³-hybridized carbons (Fsp3) is 0.417. The van der Waals surface area contributed by atoms with Gasteiger partial charge in [0.2, 0.25) is 10.0 Å². The maximum atomic E-state index is 13.3. The zero-order valence-corrected chi connectivity index (χ0v) is 19.2. The van der Waals surface area contributed by atoms with Gasteiger partial charge in [-0.1, -0.05) is 12.1 Å². The Bertz CT molecular complexity index is 1160. The Kier molecular flexibility index (Phi) is 6.81. The van der Waals surface area contributed by atoms with Gasteiger partial charge in [-0.05, 0) is 80.5 Å². The summed E-state index contributed by atoms with van der Waals surface area (Å²) in [7, 11) is -3.62. The number of nitrogens with one attached hydrogen (secondary N) is 1. The zero-order valence-electron chi connectivity index (χ0n) is 18.4. The van der Waals surface area contributed by atoms with Gasteiger partial charge in [0.25, 0.3) is 5.91 Å². The number of piperidine rings is 1. The summed E-state index contributed by atoms with van der Waals surface area (Å²) in [5.41, 5.74) is 2.58. The van der Waals surface area contributed by atoms with Gasteiger partial charge in [-0.15, -0.1) is 0 Å². The van der Waals surface area contributed by atoms with Crippen molar-refractivity contribution in [3.05, 3.63) is 59.4 Å². The van der Waals surface area contributed by atoms with Crippen LogP contribution in [-0.4, -0.2) is 43.8 Å². The van der Waals surface area contributed by atoms with E-state index in [1.54, 1.807) is 12.1 Å². The molecular weight excluding hydrogens is 447 g/mol. The summed E-state index contributed by atoms with van der Waals surface area (Å²) in [6, 6.07) is 10.8. The Balaban J connectivity index is 1.30. The normalized spacial score (nSPS) is 17.9. The van der Waals surface area contributed by atoms with Gasteiger partial charge in [-0.25, -0.2) is 12.8 Å². The van der Waals surface area contributed by atoms with Gasteiger partial charge in [0, 0.05) is 18.8 Å². The molecule has 1 fully saturated rings. The van der Waals surface area contributed by atoms with Gasteiger partial charge in [0.05, 0.1) is 10.8 Å². The summed E-state index contributed by atoms with van der Waals surface area (Å²) < 4.78 is 46.1. The smallest absolute Gasteiger partial charge is 0.309 e. The first-order valence-corrected chi connectivity index (χ1v) is 12.6. The van der Waals surface area contributed by atoms with E-state index < -0.39 is 39.7 Å². The highest BCUT2D eigenvalue weighted by molar-refractivity contribution is 7.89. The van der Waals surface area contributed by atoms with E-state index in [1.165, 1.54) is 41.1 Å². The number of rotatable bonds is 6. The molecule has 0 bridgehead atoms. The number of fused-ring (bicyclic) bond motifs is 1. The van der Waals surface area contributed by atoms with Crippen molar-refractivity contribution >= 4 is 27.6 Å². The molecule has 1 saturated heterocycles. The van der Waals surface area contributed by atoms with Crippen molar-refractivity contribution in [2.24, 2.45) is 5.92 Å². The first-order chi connectivity index (χ1) is 15.7. The highest BCUT2D eigenvalue weighted by Gasteiger charge is 2.34. The number of carbonyl (C=O) groups excluding carboxylic acids is 2. The fourth-order valence-electron chi connectivity index (χ4n) is 4.32. The number of aryl methyl sites for hydroxylation is 2. The molecule has 0 radical (unpaired) electrons. The van der Waals surface area contributed by atoms with Crippen LogP contribution in [0.2, 0.25) is 0 Å². The monoisotopic (exact) mass is 474 g/mol. The summed E-state index contributed by atoms with van der Waals surface area (Å²) in [6.45, 7) is 1.87. The highest BCUT2D eigenvalue weighted by Crippen LogP contribution is 2.29. The van der Waals surface area contributed by atoms with E-state index in [4.69, 9.17) is 4.74 Å². The second-order valence-electron chi connectivity index (χ2n) is 8.54. The number of anilines is 1. The minimum Gasteiger partial charge on any atom is -0.452 e. The van der Waals surface area contributed by atoms with Crippen LogP contribution >= 0.6 is 0 Å². The molecule has 1 atom stereocenters. The van der Waals surface area contributed by atoms with E-state index in [-0.39, 0.29) is 18.8 Å². The maximum Gasteiger partial charge on any atom is 0.309 e. The quantitative estimate of drug-likeness (QED) is 0.649. The number of esters is 1. The Morgan fingerprint density at radius 1 is 1.09 bits per heavy atom. The van der Waals surface area contributed by atoms with E-state index in [2.05, 4.69) is 5.32 Å². The number of carbonyl (C=O) groups is 2. The molecule has 4 rings (SSSR count). The van der Waals surface area contributed by atoms with Gasteiger partial charge in [0.1, 0.15) is 5.82 Å². The van der Waals surface area contributed by atoms with Crippen LogP contribution in [0.25, 0.3) is 0 Å². The molecule has 2 aromatic carbocycles. The lowest BCUT2D eigenvalue weighted by atomic mass is 9.98. The van der Waals surface area contributed by atoms with E-state index >= 15 is 0 Å². The van der Waals surface area contributed by atoms with Crippen molar-refractivity contribution in [3.63, 3.8) is 0 Å². The van der Waals surface area contributed by atoms with Crippen molar-refractivity contribution in [1.82, 2.24) is 4.31 Å². The lowest BCUT2D eigenvalue weighted by molar-refractivity contribution is -0.158. The molecule has 1 heterocycles.